The molecular formula is C17H24F3N3O3. The van der Waals surface area contributed by atoms with Crippen molar-refractivity contribution in [1.82, 2.24) is 15.5 Å². The average molecular weight is 375 g/mol. The van der Waals surface area contributed by atoms with Gasteiger partial charge in [0.25, 0.3) is 5.91 Å². The standard InChI is InChI=1S/C17H24F3N3O3/c1-2-25-13-5-3-4-6-14(13)26-12-16(24)22-11-15(17(18,19)20)23-9-7-21-8-10-23/h3-6,15,21H,2,7-12H2,1H3,(H,22,24). The molecular weight excluding hydrogens is 351 g/mol. The molecule has 0 spiro atoms. The molecule has 1 atom stereocenters. The Kier molecular flexibility index (Phi) is 7.52. The summed E-state index contributed by atoms with van der Waals surface area (Å²) in [5.41, 5.74) is 0. The van der Waals surface area contributed by atoms with E-state index in [2.05, 4.69) is 10.6 Å². The normalized spacial score (nSPS) is 16.8. The number of hydrogen-bond donors (Lipinski definition) is 2. The first-order valence-electron chi connectivity index (χ1n) is 8.54. The number of para-hydroxylation sites is 2. The maximum absolute atomic E-state index is 13.3. The molecule has 0 aliphatic carbocycles. The summed E-state index contributed by atoms with van der Waals surface area (Å²) in [5.74, 6) is 0.247. The van der Waals surface area contributed by atoms with Crippen LogP contribution < -0.4 is 20.1 Å². The minimum absolute atomic E-state index is 0.290. The molecule has 1 aliphatic heterocycles. The van der Waals surface area contributed by atoms with E-state index in [-0.39, 0.29) is 19.7 Å². The molecule has 1 heterocycles. The lowest BCUT2D eigenvalue weighted by atomic mass is 10.2. The Morgan fingerprint density at radius 2 is 1.85 bits per heavy atom. The fourth-order valence-corrected chi connectivity index (χ4v) is 2.69. The lowest BCUT2D eigenvalue weighted by molar-refractivity contribution is -0.184. The summed E-state index contributed by atoms with van der Waals surface area (Å²) in [6.45, 7) is 2.95. The third-order valence-corrected chi connectivity index (χ3v) is 3.97. The molecule has 2 rings (SSSR count). The van der Waals surface area contributed by atoms with Gasteiger partial charge in [0.1, 0.15) is 6.04 Å². The number of piperazine rings is 1. The topological polar surface area (TPSA) is 62.8 Å². The summed E-state index contributed by atoms with van der Waals surface area (Å²) >= 11 is 0. The number of ether oxygens (including phenoxy) is 2. The lowest BCUT2D eigenvalue weighted by Crippen LogP contribution is -2.57. The van der Waals surface area contributed by atoms with Gasteiger partial charge in [0.05, 0.1) is 6.61 Å². The zero-order valence-electron chi connectivity index (χ0n) is 14.6. The second kappa shape index (κ2) is 9.63. The smallest absolute Gasteiger partial charge is 0.405 e. The van der Waals surface area contributed by atoms with Crippen LogP contribution in [0, 0.1) is 0 Å². The highest BCUT2D eigenvalue weighted by atomic mass is 19.4. The molecule has 1 amide bonds. The first-order chi connectivity index (χ1) is 12.4. The van der Waals surface area contributed by atoms with Gasteiger partial charge in [-0.3, -0.25) is 9.69 Å². The molecule has 146 valence electrons. The second-order valence-corrected chi connectivity index (χ2v) is 5.82. The van der Waals surface area contributed by atoms with Gasteiger partial charge in [-0.2, -0.15) is 13.2 Å². The minimum Gasteiger partial charge on any atom is -0.490 e. The Labute approximate surface area is 150 Å². The van der Waals surface area contributed by atoms with Gasteiger partial charge in [0, 0.05) is 32.7 Å². The van der Waals surface area contributed by atoms with Crippen LogP contribution in [0.3, 0.4) is 0 Å². The molecule has 1 unspecified atom stereocenters. The number of halogens is 3. The van der Waals surface area contributed by atoms with Crippen LogP contribution in [-0.2, 0) is 4.79 Å². The number of carbonyl (C=O) groups is 1. The van der Waals surface area contributed by atoms with Crippen LogP contribution in [0.5, 0.6) is 11.5 Å². The first-order valence-corrected chi connectivity index (χ1v) is 8.54. The van der Waals surface area contributed by atoms with Gasteiger partial charge >= 0.3 is 6.18 Å². The van der Waals surface area contributed by atoms with Gasteiger partial charge in [-0.1, -0.05) is 12.1 Å². The summed E-state index contributed by atoms with van der Waals surface area (Å²) in [7, 11) is 0. The van der Waals surface area contributed by atoms with Gasteiger partial charge < -0.3 is 20.1 Å². The van der Waals surface area contributed by atoms with Gasteiger partial charge in [0.2, 0.25) is 0 Å². The van der Waals surface area contributed by atoms with E-state index in [9.17, 15) is 18.0 Å². The Balaban J connectivity index is 1.86. The van der Waals surface area contributed by atoms with E-state index < -0.39 is 24.7 Å². The number of nitrogens with zero attached hydrogens (tertiary/aromatic N) is 1. The number of rotatable bonds is 8. The molecule has 9 heteroatoms. The Morgan fingerprint density at radius 1 is 1.23 bits per heavy atom. The third kappa shape index (κ3) is 6.06. The molecule has 0 bridgehead atoms. The SMILES string of the molecule is CCOc1ccccc1OCC(=O)NCC(N1CCNCC1)C(F)(F)F. The van der Waals surface area contributed by atoms with Crippen molar-refractivity contribution in [3.63, 3.8) is 0 Å². The van der Waals surface area contributed by atoms with Crippen LogP contribution in [0.25, 0.3) is 0 Å². The highest BCUT2D eigenvalue weighted by molar-refractivity contribution is 5.77. The Bertz CT molecular complexity index is 578. The van der Waals surface area contributed by atoms with Crippen LogP contribution in [-0.4, -0.2) is 69.0 Å². The highest BCUT2D eigenvalue weighted by Gasteiger charge is 2.43. The lowest BCUT2D eigenvalue weighted by Gasteiger charge is -2.35. The zero-order chi connectivity index (χ0) is 19.0. The zero-order valence-corrected chi connectivity index (χ0v) is 14.6. The fourth-order valence-electron chi connectivity index (χ4n) is 2.69. The number of nitrogens with one attached hydrogen (secondary N) is 2. The molecule has 1 aromatic carbocycles. The van der Waals surface area contributed by atoms with E-state index in [0.717, 1.165) is 0 Å². The summed E-state index contributed by atoms with van der Waals surface area (Å²) in [6, 6.07) is 5.11. The van der Waals surface area contributed by atoms with E-state index in [0.29, 0.717) is 31.2 Å². The Morgan fingerprint density at radius 3 is 2.42 bits per heavy atom. The molecule has 1 fully saturated rings. The number of hydrogen-bond acceptors (Lipinski definition) is 5. The van der Waals surface area contributed by atoms with Crippen LogP contribution in [0.15, 0.2) is 24.3 Å². The van der Waals surface area contributed by atoms with E-state index >= 15 is 0 Å². The van der Waals surface area contributed by atoms with Crippen molar-refractivity contribution in [2.75, 3.05) is 45.9 Å². The van der Waals surface area contributed by atoms with Crippen LogP contribution in [0.2, 0.25) is 0 Å². The average Bonchev–Trinajstić information content (AvgIpc) is 2.61. The van der Waals surface area contributed by atoms with Crippen molar-refractivity contribution in [1.29, 1.82) is 0 Å². The van der Waals surface area contributed by atoms with Gasteiger partial charge in [-0.15, -0.1) is 0 Å². The fraction of sp³-hybridized carbons (Fsp3) is 0.588. The summed E-state index contributed by atoms with van der Waals surface area (Å²) in [4.78, 5) is 13.3. The molecule has 26 heavy (non-hydrogen) atoms. The number of amides is 1. The van der Waals surface area contributed by atoms with Crippen molar-refractivity contribution >= 4 is 5.91 Å². The monoisotopic (exact) mass is 375 g/mol. The van der Waals surface area contributed by atoms with E-state index in [4.69, 9.17) is 9.47 Å². The number of carbonyl (C=O) groups excluding carboxylic acids is 1. The third-order valence-electron chi connectivity index (χ3n) is 3.97. The van der Waals surface area contributed by atoms with Crippen LogP contribution in [0.1, 0.15) is 6.92 Å². The first kappa shape index (κ1) is 20.3. The molecule has 0 saturated carbocycles. The second-order valence-electron chi connectivity index (χ2n) is 5.82. The largest absolute Gasteiger partial charge is 0.490 e. The summed E-state index contributed by atoms with van der Waals surface area (Å²) < 4.78 is 50.6. The van der Waals surface area contributed by atoms with Crippen molar-refractivity contribution in [3.8, 4) is 11.5 Å². The van der Waals surface area contributed by atoms with Crippen molar-refractivity contribution in [2.45, 2.75) is 19.1 Å². The number of benzene rings is 1. The Hall–Kier alpha value is -2.00. The quantitative estimate of drug-likeness (QED) is 0.720. The molecule has 0 radical (unpaired) electrons. The van der Waals surface area contributed by atoms with E-state index in [1.54, 1.807) is 24.3 Å². The van der Waals surface area contributed by atoms with E-state index in [1.165, 1.54) is 4.90 Å². The van der Waals surface area contributed by atoms with Crippen molar-refractivity contribution < 1.29 is 27.4 Å². The van der Waals surface area contributed by atoms with Crippen LogP contribution >= 0.6 is 0 Å². The molecule has 2 N–H and O–H groups in total. The minimum atomic E-state index is -4.41. The maximum Gasteiger partial charge on any atom is 0.405 e. The van der Waals surface area contributed by atoms with Crippen molar-refractivity contribution in [2.24, 2.45) is 0 Å². The number of alkyl halides is 3. The van der Waals surface area contributed by atoms with E-state index in [1.807, 2.05) is 6.92 Å². The van der Waals surface area contributed by atoms with Crippen LogP contribution in [0.4, 0.5) is 13.2 Å². The molecule has 1 aliphatic rings. The van der Waals surface area contributed by atoms with Crippen molar-refractivity contribution in [3.05, 3.63) is 24.3 Å². The van der Waals surface area contributed by atoms with Gasteiger partial charge in [0.15, 0.2) is 18.1 Å². The molecule has 1 aromatic rings. The van der Waals surface area contributed by atoms with Gasteiger partial charge in [-0.05, 0) is 19.1 Å². The van der Waals surface area contributed by atoms with Gasteiger partial charge in [-0.25, -0.2) is 0 Å². The molecule has 6 nitrogen and oxygen atoms in total. The predicted octanol–water partition coefficient (Wildman–Crippen LogP) is 1.42. The molecule has 1 saturated heterocycles. The summed E-state index contributed by atoms with van der Waals surface area (Å²) in [6.07, 6.45) is -4.41. The maximum atomic E-state index is 13.3. The summed E-state index contributed by atoms with van der Waals surface area (Å²) in [5, 5.41) is 5.33. The predicted molar refractivity (Wildman–Crippen MR) is 90.4 cm³/mol. The molecule has 0 aromatic heterocycles. The highest BCUT2D eigenvalue weighted by Crippen LogP contribution is 2.26.